The minimum absolute atomic E-state index is 0.112. The Morgan fingerprint density at radius 3 is 0.944 bits per heavy atom. The van der Waals surface area contributed by atoms with E-state index in [2.05, 4.69) is 136 Å². The normalized spacial score (nSPS) is 13.0. The summed E-state index contributed by atoms with van der Waals surface area (Å²) in [5.74, 6) is -1.02. The molecule has 71 heavy (non-hydrogen) atoms. The molecule has 0 saturated heterocycles. The zero-order valence-corrected chi connectivity index (χ0v) is 45.9. The number of unbranched alkanes of at least 4 members (excludes halogenated alkanes) is 20. The molecule has 0 fully saturated rings. The third kappa shape index (κ3) is 56.6. The zero-order chi connectivity index (χ0) is 51.4. The Morgan fingerprint density at radius 1 is 0.296 bits per heavy atom. The molecule has 0 aromatic carbocycles. The third-order valence-electron chi connectivity index (χ3n) is 11.9. The Balaban J connectivity index is 4.52. The standard InChI is InChI=1S/C65H106O6/c1-4-7-10-13-16-19-22-25-28-30-32-34-37-39-42-45-48-51-54-57-63(66)69-60-62(71-65(68)59-56-53-50-47-44-41-36-27-24-21-18-15-12-9-6-3)61-70-64(67)58-55-52-49-46-43-40-38-35-33-31-29-26-23-20-17-14-11-8-5-2/h7,10,16-21,25-29,32,34,36,39,42,48,51,62H,4-6,8-9,11-15,22-24,30-31,33,35,37-38,40-41,43-47,49-50,52-61H2,1-3H3/b10-7-,19-16-,20-17-,21-18-,28-25-,29-26-,34-32-,36-27-,42-39-,51-48-/t62-/m1/s1. The van der Waals surface area contributed by atoms with Crippen molar-refractivity contribution in [3.05, 3.63) is 122 Å². The molecule has 0 spiro atoms. The molecule has 0 aromatic heterocycles. The molecule has 0 amide bonds. The Kier molecular flexibility index (Phi) is 54.9. The summed E-state index contributed by atoms with van der Waals surface area (Å²) >= 11 is 0. The lowest BCUT2D eigenvalue weighted by Gasteiger charge is -2.18. The van der Waals surface area contributed by atoms with Gasteiger partial charge in [-0.15, -0.1) is 0 Å². The van der Waals surface area contributed by atoms with Crippen molar-refractivity contribution in [3.63, 3.8) is 0 Å². The number of hydrogen-bond donors (Lipinski definition) is 0. The van der Waals surface area contributed by atoms with Crippen LogP contribution in [0.2, 0.25) is 0 Å². The fourth-order valence-electron chi connectivity index (χ4n) is 7.59. The van der Waals surface area contributed by atoms with Crippen molar-refractivity contribution in [3.8, 4) is 0 Å². The molecule has 0 aliphatic heterocycles. The van der Waals surface area contributed by atoms with Gasteiger partial charge in [-0.05, 0) is 122 Å². The molecule has 0 unspecified atom stereocenters. The molecular formula is C65H106O6. The van der Waals surface area contributed by atoms with Crippen LogP contribution in [0.1, 0.15) is 252 Å². The Bertz CT molecular complexity index is 1500. The van der Waals surface area contributed by atoms with Gasteiger partial charge in [0.2, 0.25) is 0 Å². The van der Waals surface area contributed by atoms with Gasteiger partial charge in [0, 0.05) is 19.3 Å². The van der Waals surface area contributed by atoms with Gasteiger partial charge in [0.15, 0.2) is 6.10 Å². The number of esters is 3. The van der Waals surface area contributed by atoms with E-state index in [4.69, 9.17) is 14.2 Å². The fourth-order valence-corrected chi connectivity index (χ4v) is 7.59. The summed E-state index contributed by atoms with van der Waals surface area (Å²) in [4.78, 5) is 38.2. The van der Waals surface area contributed by atoms with Crippen molar-refractivity contribution < 1.29 is 28.6 Å². The SMILES string of the molecule is CC/C=C\C/C=C\C/C=C\C/C=C\C/C=C\C/C=C\CCC(=O)OC[C@H](COC(=O)CCCCCCCCCCC/C=C\C/C=C\CCCCC)OC(=O)CCCCCCC/C=C\C/C=C\CCCCC. The Labute approximate surface area is 437 Å². The van der Waals surface area contributed by atoms with E-state index < -0.39 is 6.10 Å². The highest BCUT2D eigenvalue weighted by molar-refractivity contribution is 5.71. The van der Waals surface area contributed by atoms with Crippen molar-refractivity contribution in [1.29, 1.82) is 0 Å². The average Bonchev–Trinajstić information content (AvgIpc) is 3.37. The smallest absolute Gasteiger partial charge is 0.306 e. The highest BCUT2D eigenvalue weighted by Gasteiger charge is 2.19. The molecular weight excluding hydrogens is 877 g/mol. The number of carbonyl (C=O) groups excluding carboxylic acids is 3. The number of carbonyl (C=O) groups is 3. The maximum Gasteiger partial charge on any atom is 0.306 e. The van der Waals surface area contributed by atoms with Crippen molar-refractivity contribution >= 4 is 17.9 Å². The first kappa shape index (κ1) is 66.8. The fraction of sp³-hybridized carbons (Fsp3) is 0.646. The lowest BCUT2D eigenvalue weighted by atomic mass is 10.1. The lowest BCUT2D eigenvalue weighted by Crippen LogP contribution is -2.30. The molecule has 0 N–H and O–H groups in total. The first-order valence-electron chi connectivity index (χ1n) is 29.0. The molecule has 0 rings (SSSR count). The van der Waals surface area contributed by atoms with E-state index in [1.165, 1.54) is 96.3 Å². The van der Waals surface area contributed by atoms with Crippen molar-refractivity contribution in [2.45, 2.75) is 258 Å². The predicted molar refractivity (Wildman–Crippen MR) is 306 cm³/mol. The second kappa shape index (κ2) is 58.4. The van der Waals surface area contributed by atoms with E-state index in [0.717, 1.165) is 109 Å². The van der Waals surface area contributed by atoms with Gasteiger partial charge in [-0.1, -0.05) is 232 Å². The second-order valence-corrected chi connectivity index (χ2v) is 18.8. The van der Waals surface area contributed by atoms with Gasteiger partial charge in [-0.25, -0.2) is 0 Å². The average molecular weight is 984 g/mol. The van der Waals surface area contributed by atoms with Crippen LogP contribution in [0.5, 0.6) is 0 Å². The molecule has 6 heteroatoms. The van der Waals surface area contributed by atoms with E-state index in [1.807, 2.05) is 6.08 Å². The topological polar surface area (TPSA) is 78.9 Å². The summed E-state index contributed by atoms with van der Waals surface area (Å²) in [6, 6.07) is 0. The van der Waals surface area contributed by atoms with E-state index in [0.29, 0.717) is 19.3 Å². The van der Waals surface area contributed by atoms with Crippen LogP contribution in [0, 0.1) is 0 Å². The van der Waals surface area contributed by atoms with Gasteiger partial charge < -0.3 is 14.2 Å². The molecule has 402 valence electrons. The van der Waals surface area contributed by atoms with Crippen molar-refractivity contribution in [1.82, 2.24) is 0 Å². The van der Waals surface area contributed by atoms with Crippen LogP contribution in [-0.2, 0) is 28.6 Å². The van der Waals surface area contributed by atoms with Gasteiger partial charge in [-0.2, -0.15) is 0 Å². The minimum Gasteiger partial charge on any atom is -0.462 e. The number of allylic oxidation sites excluding steroid dienone is 20. The second-order valence-electron chi connectivity index (χ2n) is 18.8. The van der Waals surface area contributed by atoms with Crippen molar-refractivity contribution in [2.75, 3.05) is 13.2 Å². The van der Waals surface area contributed by atoms with Crippen LogP contribution in [0.15, 0.2) is 122 Å². The maximum atomic E-state index is 12.9. The molecule has 0 saturated carbocycles. The summed E-state index contributed by atoms with van der Waals surface area (Å²) in [5, 5.41) is 0. The Morgan fingerprint density at radius 2 is 0.577 bits per heavy atom. The molecule has 0 aliphatic carbocycles. The number of ether oxygens (including phenoxy) is 3. The summed E-state index contributed by atoms with van der Waals surface area (Å²) < 4.78 is 16.8. The van der Waals surface area contributed by atoms with Crippen LogP contribution in [-0.4, -0.2) is 37.2 Å². The molecule has 0 aliphatic rings. The van der Waals surface area contributed by atoms with Crippen LogP contribution in [0.3, 0.4) is 0 Å². The zero-order valence-electron chi connectivity index (χ0n) is 45.9. The number of hydrogen-bond acceptors (Lipinski definition) is 6. The summed E-state index contributed by atoms with van der Waals surface area (Å²) in [6.07, 6.45) is 80.5. The highest BCUT2D eigenvalue weighted by atomic mass is 16.6. The van der Waals surface area contributed by atoms with Gasteiger partial charge >= 0.3 is 17.9 Å². The van der Waals surface area contributed by atoms with Gasteiger partial charge in [0.05, 0.1) is 0 Å². The van der Waals surface area contributed by atoms with Crippen LogP contribution in [0.4, 0.5) is 0 Å². The third-order valence-corrected chi connectivity index (χ3v) is 11.9. The van der Waals surface area contributed by atoms with E-state index in [9.17, 15) is 14.4 Å². The van der Waals surface area contributed by atoms with Crippen LogP contribution >= 0.6 is 0 Å². The molecule has 1 atom stereocenters. The van der Waals surface area contributed by atoms with E-state index in [1.54, 1.807) is 0 Å². The van der Waals surface area contributed by atoms with Gasteiger partial charge in [0.25, 0.3) is 0 Å². The lowest BCUT2D eigenvalue weighted by molar-refractivity contribution is -0.166. The molecule has 0 aromatic rings. The first-order valence-corrected chi connectivity index (χ1v) is 29.0. The van der Waals surface area contributed by atoms with Gasteiger partial charge in [-0.3, -0.25) is 14.4 Å². The maximum absolute atomic E-state index is 12.9. The first-order chi connectivity index (χ1) is 35.0. The molecule has 0 heterocycles. The quantitative estimate of drug-likeness (QED) is 0.0261. The monoisotopic (exact) mass is 983 g/mol. The summed E-state index contributed by atoms with van der Waals surface area (Å²) in [6.45, 7) is 6.39. The predicted octanol–water partition coefficient (Wildman–Crippen LogP) is 19.6. The largest absolute Gasteiger partial charge is 0.462 e. The van der Waals surface area contributed by atoms with E-state index >= 15 is 0 Å². The summed E-state index contributed by atoms with van der Waals surface area (Å²) in [5.41, 5.74) is 0. The van der Waals surface area contributed by atoms with E-state index in [-0.39, 0.29) is 37.5 Å². The van der Waals surface area contributed by atoms with Crippen LogP contribution in [0.25, 0.3) is 0 Å². The van der Waals surface area contributed by atoms with Crippen molar-refractivity contribution in [2.24, 2.45) is 0 Å². The highest BCUT2D eigenvalue weighted by Crippen LogP contribution is 2.14. The van der Waals surface area contributed by atoms with Gasteiger partial charge in [0.1, 0.15) is 13.2 Å². The molecule has 6 nitrogen and oxygen atoms in total. The number of rotatable bonds is 51. The Hall–Kier alpha value is -4.19. The molecule has 0 radical (unpaired) electrons. The summed E-state index contributed by atoms with van der Waals surface area (Å²) in [7, 11) is 0. The minimum atomic E-state index is -0.822. The molecule has 0 bridgehead atoms. The van der Waals surface area contributed by atoms with Crippen LogP contribution < -0.4 is 0 Å².